The van der Waals surface area contributed by atoms with Crippen molar-refractivity contribution in [3.63, 3.8) is 0 Å². The van der Waals surface area contributed by atoms with E-state index in [2.05, 4.69) is 52.2 Å². The maximum Gasteiger partial charge on any atom is 0.357 e. The topological polar surface area (TPSA) is 142 Å². The molecule has 232 valence electrons. The number of hydrogen-bond acceptors (Lipinski definition) is 11. The van der Waals surface area contributed by atoms with Crippen LogP contribution in [-0.4, -0.2) is 69.1 Å². The Hall–Kier alpha value is -4.98. The fraction of sp³-hybridized carbons (Fsp3) is 0.182. The summed E-state index contributed by atoms with van der Waals surface area (Å²) in [5.41, 5.74) is 2.68. The van der Waals surface area contributed by atoms with Gasteiger partial charge < -0.3 is 25.3 Å². The van der Waals surface area contributed by atoms with Crippen LogP contribution in [0.5, 0.6) is 0 Å². The van der Waals surface area contributed by atoms with Crippen LogP contribution in [-0.2, 0) is 29.5 Å². The molecule has 2 amide bonds. The van der Waals surface area contributed by atoms with Gasteiger partial charge in [0.1, 0.15) is 35.5 Å². The maximum absolute atomic E-state index is 13.6. The largest absolute Gasteiger partial charge is 0.427 e. The van der Waals surface area contributed by atoms with E-state index < -0.39 is 41.0 Å². The summed E-state index contributed by atoms with van der Waals surface area (Å²) in [5.74, 6) is -1.62. The lowest BCUT2D eigenvalue weighted by atomic mass is 9.77. The molecule has 11 nitrogen and oxygen atoms in total. The number of thiazole rings is 1. The number of esters is 1. The number of rotatable bonds is 9. The van der Waals surface area contributed by atoms with Gasteiger partial charge in [0.15, 0.2) is 10.8 Å². The third-order valence-corrected chi connectivity index (χ3v) is 10.1. The highest BCUT2D eigenvalue weighted by molar-refractivity contribution is 8.00. The van der Waals surface area contributed by atoms with Crippen molar-refractivity contribution in [3.05, 3.63) is 130 Å². The van der Waals surface area contributed by atoms with Crippen molar-refractivity contribution in [1.29, 1.82) is 0 Å². The lowest BCUT2D eigenvalue weighted by molar-refractivity contribution is -0.157. The SMILES string of the molecule is CO/N=C(\C(=O)NC1C(=O)N2C3=C(CSC12)C(O)OC3=O)c1csc(NC(c2ccccc2)(c2ccccc2)c2ccccc2)n1. The average molecular weight is 654 g/mol. The predicted octanol–water partition coefficient (Wildman–Crippen LogP) is 3.43. The van der Waals surface area contributed by atoms with E-state index in [0.717, 1.165) is 16.7 Å². The Balaban J connectivity index is 1.18. The number of aromatic nitrogens is 1. The molecule has 46 heavy (non-hydrogen) atoms. The molecule has 3 N–H and O–H groups in total. The summed E-state index contributed by atoms with van der Waals surface area (Å²) in [6, 6.07) is 29.2. The molecule has 13 heteroatoms. The predicted molar refractivity (Wildman–Crippen MR) is 173 cm³/mol. The summed E-state index contributed by atoms with van der Waals surface area (Å²) in [7, 11) is 1.32. The number of amides is 2. The molecule has 3 unspecified atom stereocenters. The van der Waals surface area contributed by atoms with Gasteiger partial charge in [-0.1, -0.05) is 96.2 Å². The average Bonchev–Trinajstić information content (AvgIpc) is 3.67. The first kappa shape index (κ1) is 29.7. The summed E-state index contributed by atoms with van der Waals surface area (Å²) in [5, 5.41) is 22.1. The molecule has 1 saturated heterocycles. The number of aliphatic hydroxyl groups excluding tert-OH is 1. The minimum absolute atomic E-state index is 0.0477. The van der Waals surface area contributed by atoms with Crippen LogP contribution in [0.3, 0.4) is 0 Å². The highest BCUT2D eigenvalue weighted by Gasteiger charge is 2.57. The summed E-state index contributed by atoms with van der Waals surface area (Å²) >= 11 is 2.62. The van der Waals surface area contributed by atoms with Crippen LogP contribution >= 0.6 is 23.1 Å². The van der Waals surface area contributed by atoms with E-state index >= 15 is 0 Å². The number of nitrogens with one attached hydrogen (secondary N) is 2. The van der Waals surface area contributed by atoms with E-state index in [0.29, 0.717) is 10.7 Å². The fourth-order valence-electron chi connectivity index (χ4n) is 5.94. The molecule has 4 heterocycles. The molecular weight excluding hydrogens is 627 g/mol. The van der Waals surface area contributed by atoms with Crippen molar-refractivity contribution in [2.45, 2.75) is 23.2 Å². The van der Waals surface area contributed by atoms with E-state index in [1.165, 1.54) is 35.1 Å². The monoisotopic (exact) mass is 653 g/mol. The molecule has 0 saturated carbocycles. The smallest absolute Gasteiger partial charge is 0.357 e. The lowest BCUT2D eigenvalue weighted by Crippen LogP contribution is -2.70. The minimum Gasteiger partial charge on any atom is -0.427 e. The molecule has 3 atom stereocenters. The molecule has 3 aliphatic rings. The number of oxime groups is 1. The number of fused-ring (bicyclic) bond motifs is 2. The Bertz CT molecular complexity index is 1770. The maximum atomic E-state index is 13.6. The zero-order valence-corrected chi connectivity index (χ0v) is 26.0. The van der Waals surface area contributed by atoms with Crippen molar-refractivity contribution in [2.75, 3.05) is 18.2 Å². The van der Waals surface area contributed by atoms with Crippen LogP contribution in [0, 0.1) is 0 Å². The van der Waals surface area contributed by atoms with Gasteiger partial charge in [0.05, 0.1) is 0 Å². The zero-order valence-electron chi connectivity index (χ0n) is 24.3. The number of nitrogens with zero attached hydrogens (tertiary/aromatic N) is 3. The van der Waals surface area contributed by atoms with E-state index in [1.54, 1.807) is 5.38 Å². The summed E-state index contributed by atoms with van der Waals surface area (Å²) in [6.45, 7) is 0. The van der Waals surface area contributed by atoms with Crippen LogP contribution in [0.1, 0.15) is 22.4 Å². The minimum atomic E-state index is -1.37. The molecule has 1 fully saturated rings. The number of thioether (sulfide) groups is 1. The second kappa shape index (κ2) is 12.1. The van der Waals surface area contributed by atoms with Gasteiger partial charge in [-0.25, -0.2) is 9.78 Å². The second-order valence-electron chi connectivity index (χ2n) is 10.6. The van der Waals surface area contributed by atoms with E-state index in [9.17, 15) is 19.5 Å². The molecule has 1 aromatic heterocycles. The summed E-state index contributed by atoms with van der Waals surface area (Å²) < 4.78 is 4.87. The molecule has 7 rings (SSSR count). The highest BCUT2D eigenvalue weighted by atomic mass is 32.2. The number of aliphatic hydroxyl groups is 1. The Morgan fingerprint density at radius 2 is 1.59 bits per heavy atom. The second-order valence-corrected chi connectivity index (χ2v) is 12.6. The third-order valence-electron chi connectivity index (χ3n) is 8.05. The first-order valence-corrected chi connectivity index (χ1v) is 16.2. The first-order chi connectivity index (χ1) is 22.4. The third kappa shape index (κ3) is 4.92. The molecule has 0 aliphatic carbocycles. The molecule has 0 bridgehead atoms. The Morgan fingerprint density at radius 3 is 2.15 bits per heavy atom. The van der Waals surface area contributed by atoms with Crippen LogP contribution < -0.4 is 10.6 Å². The number of carbonyl (C=O) groups is 3. The Labute approximate surface area is 271 Å². The number of β-lactam (4-membered cyclic amide) rings is 1. The molecule has 4 aromatic rings. The highest BCUT2D eigenvalue weighted by Crippen LogP contribution is 2.44. The van der Waals surface area contributed by atoms with Crippen LogP contribution in [0.4, 0.5) is 5.13 Å². The standard InChI is InChI=1S/C33H27N5O6S2/c1-43-37-24(27(39)35-25-28(40)38-26-22(17-45-29(25)38)30(41)44-31(26)42)23-18-46-32(34-23)36-33(19-11-5-2-6-12-19,20-13-7-3-8-14-20)21-15-9-4-10-16-21/h2-16,18,25,29-30,41H,17H2,1H3,(H,34,36)(H,35,39)/b37-24-. The van der Waals surface area contributed by atoms with Crippen molar-refractivity contribution < 1.29 is 29.1 Å². The Kier molecular flexibility index (Phi) is 7.80. The first-order valence-electron chi connectivity index (χ1n) is 14.3. The number of ether oxygens (including phenoxy) is 1. The number of carbonyl (C=O) groups excluding carboxylic acids is 3. The number of cyclic esters (lactones) is 1. The van der Waals surface area contributed by atoms with E-state index in [1.807, 2.05) is 54.6 Å². The van der Waals surface area contributed by atoms with Gasteiger partial charge in [0, 0.05) is 16.7 Å². The lowest BCUT2D eigenvalue weighted by Gasteiger charge is -2.48. The van der Waals surface area contributed by atoms with E-state index in [-0.39, 0.29) is 22.9 Å². The van der Waals surface area contributed by atoms with Crippen LogP contribution in [0.25, 0.3) is 0 Å². The van der Waals surface area contributed by atoms with Gasteiger partial charge in [0.2, 0.25) is 6.29 Å². The number of benzene rings is 3. The number of anilines is 1. The van der Waals surface area contributed by atoms with Crippen molar-refractivity contribution >= 4 is 51.7 Å². The number of hydrogen-bond donors (Lipinski definition) is 3. The molecule has 0 spiro atoms. The van der Waals surface area contributed by atoms with Crippen molar-refractivity contribution in [1.82, 2.24) is 15.2 Å². The van der Waals surface area contributed by atoms with Gasteiger partial charge in [-0.05, 0) is 16.7 Å². The Morgan fingerprint density at radius 1 is 1.00 bits per heavy atom. The summed E-state index contributed by atoms with van der Waals surface area (Å²) in [4.78, 5) is 50.0. The molecule has 3 aliphatic heterocycles. The van der Waals surface area contributed by atoms with Gasteiger partial charge in [-0.3, -0.25) is 14.5 Å². The van der Waals surface area contributed by atoms with E-state index in [4.69, 9.17) is 14.6 Å². The summed E-state index contributed by atoms with van der Waals surface area (Å²) in [6.07, 6.45) is -1.37. The van der Waals surface area contributed by atoms with Gasteiger partial charge in [0.25, 0.3) is 11.8 Å². The van der Waals surface area contributed by atoms with Gasteiger partial charge >= 0.3 is 5.97 Å². The fourth-order valence-corrected chi connectivity index (χ4v) is 8.05. The van der Waals surface area contributed by atoms with Crippen LogP contribution in [0.15, 0.2) is 113 Å². The normalized spacial score (nSPS) is 20.8. The van der Waals surface area contributed by atoms with Crippen molar-refractivity contribution in [3.8, 4) is 0 Å². The zero-order chi connectivity index (χ0) is 31.8. The molecule has 0 radical (unpaired) electrons. The van der Waals surface area contributed by atoms with Crippen LogP contribution in [0.2, 0.25) is 0 Å². The van der Waals surface area contributed by atoms with Gasteiger partial charge in [-0.2, -0.15) is 0 Å². The quantitative estimate of drug-likeness (QED) is 0.0815. The molecule has 3 aromatic carbocycles. The molecular formula is C33H27N5O6S2. The van der Waals surface area contributed by atoms with Crippen molar-refractivity contribution in [2.24, 2.45) is 5.16 Å². The van der Waals surface area contributed by atoms with Gasteiger partial charge in [-0.15, -0.1) is 23.1 Å².